The first-order chi connectivity index (χ1) is 6.22. The van der Waals surface area contributed by atoms with E-state index in [-0.39, 0.29) is 0 Å². The van der Waals surface area contributed by atoms with Crippen LogP contribution in [0.3, 0.4) is 0 Å². The molecule has 0 aliphatic heterocycles. The van der Waals surface area contributed by atoms with Crippen LogP contribution in [-0.2, 0) is 0 Å². The lowest BCUT2D eigenvalue weighted by atomic mass is 10.2. The third kappa shape index (κ3) is 3.64. The number of benzene rings is 1. The molecule has 0 spiro atoms. The third-order valence-electron chi connectivity index (χ3n) is 1.76. The van der Waals surface area contributed by atoms with Crippen molar-refractivity contribution in [2.75, 3.05) is 6.61 Å². The number of hydrogen-bond donors (Lipinski definition) is 0. The van der Waals surface area contributed by atoms with Crippen LogP contribution in [-0.4, -0.2) is 6.61 Å². The molecule has 0 aliphatic carbocycles. The average Bonchev–Trinajstić information content (AvgIpc) is 2.16. The second-order valence-corrected chi connectivity index (χ2v) is 3.76. The van der Waals surface area contributed by atoms with Crippen molar-refractivity contribution in [3.8, 4) is 5.75 Å². The van der Waals surface area contributed by atoms with E-state index in [0.29, 0.717) is 6.61 Å². The van der Waals surface area contributed by atoms with Gasteiger partial charge in [-0.3, -0.25) is 0 Å². The Morgan fingerprint density at radius 1 is 1.38 bits per heavy atom. The first-order valence-corrected chi connectivity index (χ1v) is 5.06. The van der Waals surface area contributed by atoms with Gasteiger partial charge >= 0.3 is 0 Å². The summed E-state index contributed by atoms with van der Waals surface area (Å²) in [6.07, 6.45) is 0.969. The maximum absolute atomic E-state index is 5.49. The Kier molecular flexibility index (Phi) is 4.03. The molecule has 0 amide bonds. The Morgan fingerprint density at radius 2 is 2.00 bits per heavy atom. The number of halogens is 1. The van der Waals surface area contributed by atoms with E-state index in [0.717, 1.165) is 22.2 Å². The van der Waals surface area contributed by atoms with Gasteiger partial charge in [-0.2, -0.15) is 0 Å². The molecule has 0 saturated carbocycles. The molecule has 0 bridgehead atoms. The van der Waals surface area contributed by atoms with Gasteiger partial charge in [0.15, 0.2) is 0 Å². The second-order valence-electron chi connectivity index (χ2n) is 2.85. The van der Waals surface area contributed by atoms with Crippen LogP contribution in [0.2, 0.25) is 0 Å². The molecule has 1 nitrogen and oxygen atoms in total. The van der Waals surface area contributed by atoms with Crippen LogP contribution in [0.4, 0.5) is 0 Å². The van der Waals surface area contributed by atoms with Crippen LogP contribution in [0.5, 0.6) is 5.75 Å². The lowest BCUT2D eigenvalue weighted by molar-refractivity contribution is 0.349. The quantitative estimate of drug-likeness (QED) is 0.728. The molecule has 0 aliphatic rings. The normalized spacial score (nSPS) is 9.69. The minimum Gasteiger partial charge on any atom is -0.489 e. The summed E-state index contributed by atoms with van der Waals surface area (Å²) in [7, 11) is 0. The first-order valence-electron chi connectivity index (χ1n) is 4.27. The van der Waals surface area contributed by atoms with Gasteiger partial charge in [0.2, 0.25) is 0 Å². The minimum atomic E-state index is 0.609. The molecule has 0 fully saturated rings. The number of rotatable bonds is 4. The predicted molar refractivity (Wildman–Crippen MR) is 59.1 cm³/mol. The molecule has 0 radical (unpaired) electrons. The summed E-state index contributed by atoms with van der Waals surface area (Å²) in [6, 6.07) is 7.80. The van der Waals surface area contributed by atoms with Crippen molar-refractivity contribution in [2.24, 2.45) is 0 Å². The highest BCUT2D eigenvalue weighted by Gasteiger charge is 1.94. The summed E-state index contributed by atoms with van der Waals surface area (Å²) in [5.74, 6) is 0.887. The molecule has 0 N–H and O–H groups in total. The van der Waals surface area contributed by atoms with Crippen LogP contribution in [0.15, 0.2) is 40.9 Å². The fraction of sp³-hybridized carbons (Fsp3) is 0.273. The largest absolute Gasteiger partial charge is 0.489 e. The van der Waals surface area contributed by atoms with Crippen molar-refractivity contribution in [1.82, 2.24) is 0 Å². The highest BCUT2D eigenvalue weighted by molar-refractivity contribution is 9.10. The highest BCUT2D eigenvalue weighted by atomic mass is 79.9. The molecular formula is C11H13BrO. The topological polar surface area (TPSA) is 9.23 Å². The molecule has 13 heavy (non-hydrogen) atoms. The van der Waals surface area contributed by atoms with Crippen LogP contribution in [0.25, 0.3) is 0 Å². The predicted octanol–water partition coefficient (Wildman–Crippen LogP) is 3.79. The Bertz CT molecular complexity index is 277. The standard InChI is InChI=1S/C11H13BrO/c1-3-9(2)8-13-11-6-4-10(12)5-7-11/h4-7H,2-3,8H2,1H3. The zero-order valence-electron chi connectivity index (χ0n) is 7.72. The van der Waals surface area contributed by atoms with Gasteiger partial charge in [-0.15, -0.1) is 0 Å². The molecule has 1 aromatic carbocycles. The first kappa shape index (κ1) is 10.3. The Labute approximate surface area is 87.5 Å². The molecule has 1 rings (SSSR count). The molecule has 2 heteroatoms. The van der Waals surface area contributed by atoms with Crippen molar-refractivity contribution in [2.45, 2.75) is 13.3 Å². The fourth-order valence-corrected chi connectivity index (χ4v) is 1.08. The Balaban J connectivity index is 2.46. The second kappa shape index (κ2) is 5.07. The van der Waals surface area contributed by atoms with E-state index in [1.807, 2.05) is 24.3 Å². The maximum Gasteiger partial charge on any atom is 0.119 e. The molecule has 1 aromatic rings. The van der Waals surface area contributed by atoms with Crippen LogP contribution >= 0.6 is 15.9 Å². The van der Waals surface area contributed by atoms with E-state index in [2.05, 4.69) is 29.4 Å². The van der Waals surface area contributed by atoms with Crippen molar-refractivity contribution in [3.63, 3.8) is 0 Å². The van der Waals surface area contributed by atoms with Gasteiger partial charge < -0.3 is 4.74 Å². The van der Waals surface area contributed by atoms with Gasteiger partial charge in [-0.05, 0) is 36.3 Å². The summed E-state index contributed by atoms with van der Waals surface area (Å²) in [5.41, 5.74) is 1.11. The van der Waals surface area contributed by atoms with Crippen molar-refractivity contribution in [3.05, 3.63) is 40.9 Å². The molecule has 0 atom stereocenters. The fourth-order valence-electron chi connectivity index (χ4n) is 0.818. The smallest absolute Gasteiger partial charge is 0.119 e. The SMILES string of the molecule is C=C(CC)COc1ccc(Br)cc1. The summed E-state index contributed by atoms with van der Waals surface area (Å²) in [6.45, 7) is 6.56. The zero-order chi connectivity index (χ0) is 9.68. The van der Waals surface area contributed by atoms with Crippen LogP contribution < -0.4 is 4.74 Å². The lowest BCUT2D eigenvalue weighted by Gasteiger charge is -2.06. The van der Waals surface area contributed by atoms with Crippen molar-refractivity contribution >= 4 is 15.9 Å². The van der Waals surface area contributed by atoms with E-state index in [9.17, 15) is 0 Å². The molecule has 70 valence electrons. The van der Waals surface area contributed by atoms with E-state index >= 15 is 0 Å². The Hall–Kier alpha value is -0.760. The molecule has 0 unspecified atom stereocenters. The molecular weight excluding hydrogens is 228 g/mol. The zero-order valence-corrected chi connectivity index (χ0v) is 9.30. The van der Waals surface area contributed by atoms with Crippen LogP contribution in [0, 0.1) is 0 Å². The van der Waals surface area contributed by atoms with Gasteiger partial charge in [-0.1, -0.05) is 29.4 Å². The lowest BCUT2D eigenvalue weighted by Crippen LogP contribution is -1.98. The van der Waals surface area contributed by atoms with Crippen LogP contribution in [0.1, 0.15) is 13.3 Å². The Morgan fingerprint density at radius 3 is 2.54 bits per heavy atom. The maximum atomic E-state index is 5.49. The van der Waals surface area contributed by atoms with Gasteiger partial charge in [-0.25, -0.2) is 0 Å². The summed E-state index contributed by atoms with van der Waals surface area (Å²) in [4.78, 5) is 0. The number of ether oxygens (including phenoxy) is 1. The van der Waals surface area contributed by atoms with Gasteiger partial charge in [0.05, 0.1) is 0 Å². The summed E-state index contributed by atoms with van der Waals surface area (Å²) in [5, 5.41) is 0. The van der Waals surface area contributed by atoms with E-state index in [1.54, 1.807) is 0 Å². The van der Waals surface area contributed by atoms with Gasteiger partial charge in [0, 0.05) is 4.47 Å². The third-order valence-corrected chi connectivity index (χ3v) is 2.29. The summed E-state index contributed by atoms with van der Waals surface area (Å²) < 4.78 is 6.56. The minimum absolute atomic E-state index is 0.609. The average molecular weight is 241 g/mol. The van der Waals surface area contributed by atoms with E-state index in [1.165, 1.54) is 0 Å². The van der Waals surface area contributed by atoms with E-state index in [4.69, 9.17) is 4.74 Å². The van der Waals surface area contributed by atoms with E-state index < -0.39 is 0 Å². The monoisotopic (exact) mass is 240 g/mol. The van der Waals surface area contributed by atoms with Gasteiger partial charge in [0.25, 0.3) is 0 Å². The molecule has 0 aromatic heterocycles. The molecule has 0 saturated heterocycles. The summed E-state index contributed by atoms with van der Waals surface area (Å²) >= 11 is 3.37. The van der Waals surface area contributed by atoms with Gasteiger partial charge in [0.1, 0.15) is 12.4 Å². The van der Waals surface area contributed by atoms with Crippen molar-refractivity contribution in [1.29, 1.82) is 0 Å². The molecule has 0 heterocycles. The number of hydrogen-bond acceptors (Lipinski definition) is 1. The van der Waals surface area contributed by atoms with Crippen molar-refractivity contribution < 1.29 is 4.74 Å². The highest BCUT2D eigenvalue weighted by Crippen LogP contribution is 2.16.